The Morgan fingerprint density at radius 3 is 2.45 bits per heavy atom. The van der Waals surface area contributed by atoms with Crippen LogP contribution in [0.2, 0.25) is 0 Å². The van der Waals surface area contributed by atoms with E-state index in [9.17, 15) is 0 Å². The Hall–Kier alpha value is -0.890. The van der Waals surface area contributed by atoms with Crippen molar-refractivity contribution in [2.24, 2.45) is 5.73 Å². The Labute approximate surface area is 67.5 Å². The quantitative estimate of drug-likeness (QED) is 0.662. The predicted octanol–water partition coefficient (Wildman–Crippen LogP) is 1.72. The van der Waals surface area contributed by atoms with Crippen molar-refractivity contribution in [3.05, 3.63) is 29.1 Å². The van der Waals surface area contributed by atoms with Crippen LogP contribution in [-0.2, 0) is 0 Å². The van der Waals surface area contributed by atoms with Gasteiger partial charge in [-0.1, -0.05) is 6.07 Å². The molecule has 60 valence electrons. The van der Waals surface area contributed by atoms with Crippen molar-refractivity contribution in [3.63, 3.8) is 0 Å². The minimum atomic E-state index is 0.0364. The minimum absolute atomic E-state index is 0.0364. The van der Waals surface area contributed by atoms with E-state index in [0.29, 0.717) is 0 Å². The van der Waals surface area contributed by atoms with Crippen molar-refractivity contribution in [1.29, 1.82) is 0 Å². The van der Waals surface area contributed by atoms with Crippen LogP contribution in [0.4, 0.5) is 0 Å². The minimum Gasteiger partial charge on any atom is -0.323 e. The average Bonchev–Trinajstić information content (AvgIpc) is 1.94. The van der Waals surface area contributed by atoms with Gasteiger partial charge in [0.05, 0.1) is 5.69 Å². The van der Waals surface area contributed by atoms with Gasteiger partial charge in [-0.15, -0.1) is 0 Å². The van der Waals surface area contributed by atoms with E-state index in [0.717, 1.165) is 11.4 Å². The monoisotopic (exact) mass is 150 g/mol. The molecule has 0 unspecified atom stereocenters. The molecule has 1 heterocycles. The first-order chi connectivity index (χ1) is 5.11. The molecule has 0 amide bonds. The normalized spacial score (nSPS) is 13.1. The van der Waals surface area contributed by atoms with Crippen molar-refractivity contribution in [2.45, 2.75) is 26.8 Å². The lowest BCUT2D eigenvalue weighted by Gasteiger charge is -2.06. The van der Waals surface area contributed by atoms with Crippen LogP contribution in [0, 0.1) is 13.8 Å². The van der Waals surface area contributed by atoms with Gasteiger partial charge >= 0.3 is 0 Å². The summed E-state index contributed by atoms with van der Waals surface area (Å²) in [5, 5.41) is 0. The molecule has 0 aromatic carbocycles. The van der Waals surface area contributed by atoms with Crippen LogP contribution in [0.1, 0.15) is 29.9 Å². The number of aryl methyl sites for hydroxylation is 2. The van der Waals surface area contributed by atoms with Crippen molar-refractivity contribution in [1.82, 2.24) is 4.98 Å². The summed E-state index contributed by atoms with van der Waals surface area (Å²) < 4.78 is 0. The second-order valence-corrected chi connectivity index (χ2v) is 2.93. The molecule has 1 aromatic rings. The highest BCUT2D eigenvalue weighted by Crippen LogP contribution is 2.09. The molecule has 0 radical (unpaired) electrons. The van der Waals surface area contributed by atoms with E-state index >= 15 is 0 Å². The van der Waals surface area contributed by atoms with Crippen LogP contribution in [-0.4, -0.2) is 4.98 Å². The van der Waals surface area contributed by atoms with Crippen LogP contribution in [0.5, 0.6) is 0 Å². The van der Waals surface area contributed by atoms with Crippen LogP contribution in [0.25, 0.3) is 0 Å². The number of pyridine rings is 1. The first-order valence-electron chi connectivity index (χ1n) is 3.81. The van der Waals surface area contributed by atoms with Crippen molar-refractivity contribution < 1.29 is 0 Å². The average molecular weight is 150 g/mol. The zero-order valence-corrected chi connectivity index (χ0v) is 7.26. The van der Waals surface area contributed by atoms with Gasteiger partial charge in [-0.2, -0.15) is 0 Å². The molecular formula is C9H14N2. The molecule has 0 aliphatic carbocycles. The fourth-order valence-electron chi connectivity index (χ4n) is 0.904. The summed E-state index contributed by atoms with van der Waals surface area (Å²) in [4.78, 5) is 4.35. The number of nitrogens with zero attached hydrogens (tertiary/aromatic N) is 1. The third kappa shape index (κ3) is 1.77. The molecule has 2 N–H and O–H groups in total. The predicted molar refractivity (Wildman–Crippen MR) is 46.3 cm³/mol. The number of aromatic nitrogens is 1. The van der Waals surface area contributed by atoms with Gasteiger partial charge in [0.2, 0.25) is 0 Å². The van der Waals surface area contributed by atoms with E-state index in [-0.39, 0.29) is 6.04 Å². The molecule has 0 saturated carbocycles. The molecule has 1 aromatic heterocycles. The second-order valence-electron chi connectivity index (χ2n) is 2.93. The largest absolute Gasteiger partial charge is 0.323 e. The molecule has 1 rings (SSSR count). The molecule has 0 spiro atoms. The standard InChI is InChI=1S/C9H14N2/c1-6-4-5-9(7(2)10)11-8(6)3/h4-5,7H,10H2,1-3H3/t7-/m1/s1. The van der Waals surface area contributed by atoms with Gasteiger partial charge in [0.25, 0.3) is 0 Å². The Bertz CT molecular complexity index is 254. The van der Waals surface area contributed by atoms with Gasteiger partial charge in [-0.3, -0.25) is 4.98 Å². The van der Waals surface area contributed by atoms with Crippen molar-refractivity contribution in [2.75, 3.05) is 0 Å². The molecule has 0 aliphatic rings. The number of nitrogens with two attached hydrogens (primary N) is 1. The Kier molecular flexibility index (Phi) is 2.25. The zero-order chi connectivity index (χ0) is 8.43. The van der Waals surface area contributed by atoms with Gasteiger partial charge in [0, 0.05) is 11.7 Å². The lowest BCUT2D eigenvalue weighted by Crippen LogP contribution is -2.08. The number of hydrogen-bond donors (Lipinski definition) is 1. The summed E-state index contributed by atoms with van der Waals surface area (Å²) in [5.74, 6) is 0. The van der Waals surface area contributed by atoms with E-state index < -0.39 is 0 Å². The molecule has 2 nitrogen and oxygen atoms in total. The number of rotatable bonds is 1. The molecule has 1 atom stereocenters. The highest BCUT2D eigenvalue weighted by molar-refractivity contribution is 5.21. The van der Waals surface area contributed by atoms with Crippen molar-refractivity contribution >= 4 is 0 Å². The molecule has 0 saturated heterocycles. The Morgan fingerprint density at radius 1 is 1.36 bits per heavy atom. The summed E-state index contributed by atoms with van der Waals surface area (Å²) >= 11 is 0. The van der Waals surface area contributed by atoms with Gasteiger partial charge in [0.15, 0.2) is 0 Å². The highest BCUT2D eigenvalue weighted by atomic mass is 14.8. The van der Waals surface area contributed by atoms with Gasteiger partial charge in [-0.05, 0) is 32.4 Å². The molecule has 0 bridgehead atoms. The van der Waals surface area contributed by atoms with Crippen molar-refractivity contribution in [3.8, 4) is 0 Å². The maximum Gasteiger partial charge on any atom is 0.0571 e. The van der Waals surface area contributed by atoms with Gasteiger partial charge < -0.3 is 5.73 Å². The lowest BCUT2D eigenvalue weighted by atomic mass is 10.1. The van der Waals surface area contributed by atoms with Crippen LogP contribution < -0.4 is 5.73 Å². The Morgan fingerprint density at radius 2 is 2.00 bits per heavy atom. The molecule has 2 heteroatoms. The summed E-state index contributed by atoms with van der Waals surface area (Å²) in [6, 6.07) is 4.07. The van der Waals surface area contributed by atoms with E-state index in [2.05, 4.69) is 11.1 Å². The third-order valence-corrected chi connectivity index (χ3v) is 1.84. The van der Waals surface area contributed by atoms with Crippen LogP contribution in [0.15, 0.2) is 12.1 Å². The summed E-state index contributed by atoms with van der Waals surface area (Å²) in [7, 11) is 0. The zero-order valence-electron chi connectivity index (χ0n) is 7.26. The first-order valence-corrected chi connectivity index (χ1v) is 3.81. The second kappa shape index (κ2) is 3.01. The molecule has 11 heavy (non-hydrogen) atoms. The fourth-order valence-corrected chi connectivity index (χ4v) is 0.904. The molecular weight excluding hydrogens is 136 g/mol. The van der Waals surface area contributed by atoms with Crippen LogP contribution >= 0.6 is 0 Å². The molecule has 0 aliphatic heterocycles. The van der Waals surface area contributed by atoms with Crippen LogP contribution in [0.3, 0.4) is 0 Å². The van der Waals surface area contributed by atoms with Gasteiger partial charge in [-0.25, -0.2) is 0 Å². The Balaban J connectivity index is 3.05. The lowest BCUT2D eigenvalue weighted by molar-refractivity contribution is 0.773. The first kappa shape index (κ1) is 8.21. The summed E-state index contributed by atoms with van der Waals surface area (Å²) in [6.45, 7) is 5.99. The summed E-state index contributed by atoms with van der Waals surface area (Å²) in [5.41, 5.74) is 8.92. The SMILES string of the molecule is Cc1ccc([C@@H](C)N)nc1C. The maximum absolute atomic E-state index is 5.67. The van der Waals surface area contributed by atoms with E-state index in [4.69, 9.17) is 5.73 Å². The highest BCUT2D eigenvalue weighted by Gasteiger charge is 2.01. The van der Waals surface area contributed by atoms with Gasteiger partial charge in [0.1, 0.15) is 0 Å². The number of hydrogen-bond acceptors (Lipinski definition) is 2. The topological polar surface area (TPSA) is 38.9 Å². The maximum atomic E-state index is 5.67. The molecule has 0 fully saturated rings. The van der Waals surface area contributed by atoms with E-state index in [1.807, 2.05) is 26.8 Å². The van der Waals surface area contributed by atoms with E-state index in [1.54, 1.807) is 0 Å². The summed E-state index contributed by atoms with van der Waals surface area (Å²) in [6.07, 6.45) is 0. The third-order valence-electron chi connectivity index (χ3n) is 1.84. The van der Waals surface area contributed by atoms with E-state index in [1.165, 1.54) is 5.56 Å². The fraction of sp³-hybridized carbons (Fsp3) is 0.444. The smallest absolute Gasteiger partial charge is 0.0571 e.